The van der Waals surface area contributed by atoms with Gasteiger partial charge in [-0.2, -0.15) is 0 Å². The van der Waals surface area contributed by atoms with Crippen molar-refractivity contribution < 1.29 is 4.79 Å². The van der Waals surface area contributed by atoms with Crippen LogP contribution in [0.15, 0.2) is 18.2 Å². The normalized spacial score (nSPS) is 18.5. The third-order valence-corrected chi connectivity index (χ3v) is 4.64. The number of hydrogen-bond donors (Lipinski definition) is 1. The molecule has 3 rings (SSSR count). The van der Waals surface area contributed by atoms with Crippen molar-refractivity contribution in [3.63, 3.8) is 0 Å². The van der Waals surface area contributed by atoms with Crippen LogP contribution in [0.3, 0.4) is 0 Å². The van der Waals surface area contributed by atoms with Crippen LogP contribution in [-0.4, -0.2) is 5.91 Å². The molecule has 2 nitrogen and oxygen atoms in total. The molecule has 1 amide bonds. The Kier molecular flexibility index (Phi) is 3.86. The number of rotatable bonds is 4. The van der Waals surface area contributed by atoms with Gasteiger partial charge in [0.05, 0.1) is 0 Å². The highest BCUT2D eigenvalue weighted by atomic mass is 16.1. The molecule has 0 aromatic heterocycles. The number of carbonyl (C=O) groups is 1. The summed E-state index contributed by atoms with van der Waals surface area (Å²) >= 11 is 0. The zero-order chi connectivity index (χ0) is 13.1. The van der Waals surface area contributed by atoms with E-state index in [4.69, 9.17) is 0 Å². The maximum atomic E-state index is 12.0. The van der Waals surface area contributed by atoms with Gasteiger partial charge >= 0.3 is 0 Å². The standard InChI is InChI=1S/C17H23NO/c19-17(11-8-13-4-1-2-5-13)18-16-10-9-14-6-3-7-15(14)12-16/h9-10,12-13H,1-8,11H2,(H,18,19). The second kappa shape index (κ2) is 5.77. The molecule has 0 atom stereocenters. The number of nitrogens with one attached hydrogen (secondary N) is 1. The molecule has 0 bridgehead atoms. The van der Waals surface area contributed by atoms with E-state index < -0.39 is 0 Å². The minimum Gasteiger partial charge on any atom is -0.326 e. The Hall–Kier alpha value is -1.31. The number of fused-ring (bicyclic) bond motifs is 1. The van der Waals surface area contributed by atoms with Gasteiger partial charge in [0, 0.05) is 12.1 Å². The largest absolute Gasteiger partial charge is 0.326 e. The molecule has 0 saturated heterocycles. The van der Waals surface area contributed by atoms with Crippen LogP contribution < -0.4 is 5.32 Å². The van der Waals surface area contributed by atoms with E-state index >= 15 is 0 Å². The molecule has 2 heteroatoms. The summed E-state index contributed by atoms with van der Waals surface area (Å²) in [6.07, 6.45) is 10.7. The Morgan fingerprint density at radius 2 is 1.89 bits per heavy atom. The monoisotopic (exact) mass is 257 g/mol. The van der Waals surface area contributed by atoms with Crippen molar-refractivity contribution >= 4 is 11.6 Å². The minimum absolute atomic E-state index is 0.185. The van der Waals surface area contributed by atoms with Gasteiger partial charge in [0.25, 0.3) is 0 Å². The first-order valence-electron chi connectivity index (χ1n) is 7.73. The smallest absolute Gasteiger partial charge is 0.224 e. The number of carbonyl (C=O) groups excluding carboxylic acids is 1. The first-order valence-corrected chi connectivity index (χ1v) is 7.73. The topological polar surface area (TPSA) is 29.1 Å². The van der Waals surface area contributed by atoms with Crippen molar-refractivity contribution in [1.82, 2.24) is 0 Å². The third-order valence-electron chi connectivity index (χ3n) is 4.64. The van der Waals surface area contributed by atoms with Gasteiger partial charge in [-0.25, -0.2) is 0 Å². The van der Waals surface area contributed by atoms with Gasteiger partial charge in [-0.15, -0.1) is 0 Å². The molecule has 1 aromatic carbocycles. The number of benzene rings is 1. The molecule has 1 saturated carbocycles. The Morgan fingerprint density at radius 3 is 2.74 bits per heavy atom. The molecule has 1 N–H and O–H groups in total. The van der Waals surface area contributed by atoms with E-state index in [1.807, 2.05) is 0 Å². The van der Waals surface area contributed by atoms with Crippen molar-refractivity contribution in [2.45, 2.75) is 57.8 Å². The second-order valence-electron chi connectivity index (χ2n) is 6.07. The molecular weight excluding hydrogens is 234 g/mol. The Balaban J connectivity index is 1.51. The molecular formula is C17H23NO. The number of anilines is 1. The first kappa shape index (κ1) is 12.7. The van der Waals surface area contributed by atoms with E-state index in [0.29, 0.717) is 6.42 Å². The second-order valence-corrected chi connectivity index (χ2v) is 6.07. The van der Waals surface area contributed by atoms with Crippen molar-refractivity contribution in [1.29, 1.82) is 0 Å². The minimum atomic E-state index is 0.185. The highest BCUT2D eigenvalue weighted by molar-refractivity contribution is 5.90. The zero-order valence-corrected chi connectivity index (χ0v) is 11.6. The highest BCUT2D eigenvalue weighted by Gasteiger charge is 2.16. The highest BCUT2D eigenvalue weighted by Crippen LogP contribution is 2.29. The van der Waals surface area contributed by atoms with Crippen LogP contribution in [0.1, 0.15) is 56.1 Å². The zero-order valence-electron chi connectivity index (χ0n) is 11.6. The van der Waals surface area contributed by atoms with E-state index in [1.54, 1.807) is 0 Å². The fourth-order valence-corrected chi connectivity index (χ4v) is 3.51. The fourth-order valence-electron chi connectivity index (χ4n) is 3.51. The summed E-state index contributed by atoms with van der Waals surface area (Å²) in [4.78, 5) is 12.0. The quantitative estimate of drug-likeness (QED) is 0.865. The lowest BCUT2D eigenvalue weighted by Crippen LogP contribution is -2.12. The van der Waals surface area contributed by atoms with E-state index in [1.165, 1.54) is 56.1 Å². The predicted octanol–water partition coefficient (Wildman–Crippen LogP) is 4.08. The lowest BCUT2D eigenvalue weighted by molar-refractivity contribution is -0.116. The van der Waals surface area contributed by atoms with Gasteiger partial charge in [-0.1, -0.05) is 31.7 Å². The van der Waals surface area contributed by atoms with E-state index in [0.717, 1.165) is 18.0 Å². The molecule has 0 aliphatic heterocycles. The molecule has 1 fully saturated rings. The SMILES string of the molecule is O=C(CCC1CCCC1)Nc1ccc2c(c1)CCC2. The molecule has 0 heterocycles. The van der Waals surface area contributed by atoms with E-state index in [-0.39, 0.29) is 5.91 Å². The Bertz CT molecular complexity index is 460. The van der Waals surface area contributed by atoms with Crippen LogP contribution >= 0.6 is 0 Å². The van der Waals surface area contributed by atoms with Crippen molar-refractivity contribution in [3.05, 3.63) is 29.3 Å². The number of amides is 1. The van der Waals surface area contributed by atoms with Gasteiger partial charge in [-0.05, 0) is 54.9 Å². The number of aryl methyl sites for hydroxylation is 2. The van der Waals surface area contributed by atoms with Gasteiger partial charge in [0.2, 0.25) is 5.91 Å². The van der Waals surface area contributed by atoms with Crippen molar-refractivity contribution in [2.24, 2.45) is 5.92 Å². The molecule has 2 aliphatic carbocycles. The lowest BCUT2D eigenvalue weighted by Gasteiger charge is -2.10. The van der Waals surface area contributed by atoms with Crippen LogP contribution in [-0.2, 0) is 17.6 Å². The summed E-state index contributed by atoms with van der Waals surface area (Å²) in [5, 5.41) is 3.06. The summed E-state index contributed by atoms with van der Waals surface area (Å²) < 4.78 is 0. The summed E-state index contributed by atoms with van der Waals surface area (Å²) in [5.41, 5.74) is 3.87. The maximum absolute atomic E-state index is 12.0. The van der Waals surface area contributed by atoms with Crippen LogP contribution in [0.25, 0.3) is 0 Å². The third kappa shape index (κ3) is 3.17. The molecule has 0 spiro atoms. The molecule has 19 heavy (non-hydrogen) atoms. The molecule has 102 valence electrons. The first-order chi connectivity index (χ1) is 9.31. The predicted molar refractivity (Wildman–Crippen MR) is 78.3 cm³/mol. The molecule has 1 aromatic rings. The average Bonchev–Trinajstić information content (AvgIpc) is 3.07. The van der Waals surface area contributed by atoms with Crippen LogP contribution in [0, 0.1) is 5.92 Å². The van der Waals surface area contributed by atoms with Crippen LogP contribution in [0.5, 0.6) is 0 Å². The van der Waals surface area contributed by atoms with Gasteiger partial charge < -0.3 is 5.32 Å². The molecule has 0 radical (unpaired) electrons. The van der Waals surface area contributed by atoms with Crippen LogP contribution in [0.4, 0.5) is 5.69 Å². The fraction of sp³-hybridized carbons (Fsp3) is 0.588. The van der Waals surface area contributed by atoms with Crippen LogP contribution in [0.2, 0.25) is 0 Å². The average molecular weight is 257 g/mol. The van der Waals surface area contributed by atoms with E-state index in [2.05, 4.69) is 23.5 Å². The molecule has 2 aliphatic rings. The summed E-state index contributed by atoms with van der Waals surface area (Å²) in [7, 11) is 0. The van der Waals surface area contributed by atoms with Gasteiger partial charge in [-0.3, -0.25) is 4.79 Å². The maximum Gasteiger partial charge on any atom is 0.224 e. The van der Waals surface area contributed by atoms with Gasteiger partial charge in [0.1, 0.15) is 0 Å². The Labute approximate surface area is 115 Å². The van der Waals surface area contributed by atoms with E-state index in [9.17, 15) is 4.79 Å². The van der Waals surface area contributed by atoms with Crippen molar-refractivity contribution in [2.75, 3.05) is 5.32 Å². The number of hydrogen-bond acceptors (Lipinski definition) is 1. The summed E-state index contributed by atoms with van der Waals surface area (Å²) in [6, 6.07) is 6.39. The van der Waals surface area contributed by atoms with Crippen molar-refractivity contribution in [3.8, 4) is 0 Å². The summed E-state index contributed by atoms with van der Waals surface area (Å²) in [5.74, 6) is 0.982. The lowest BCUT2D eigenvalue weighted by atomic mass is 10.0. The Morgan fingerprint density at radius 1 is 1.11 bits per heavy atom. The summed E-state index contributed by atoms with van der Waals surface area (Å²) in [6.45, 7) is 0. The molecule has 0 unspecified atom stereocenters. The van der Waals surface area contributed by atoms with Gasteiger partial charge in [0.15, 0.2) is 0 Å².